The molecule has 0 aliphatic heterocycles. The molecule has 0 saturated heterocycles. The smallest absolute Gasteiger partial charge is 0.230 e. The lowest BCUT2D eigenvalue weighted by Gasteiger charge is -2.14. The molecular formula is C16H15FN4OS2. The Morgan fingerprint density at radius 2 is 2.08 bits per heavy atom. The number of thioether (sulfide) groups is 1. The van der Waals surface area contributed by atoms with Crippen molar-refractivity contribution in [1.29, 1.82) is 0 Å². The number of nitrogen functional groups attached to an aromatic ring is 1. The van der Waals surface area contributed by atoms with Gasteiger partial charge in [-0.2, -0.15) is 0 Å². The lowest BCUT2D eigenvalue weighted by atomic mass is 10.1. The summed E-state index contributed by atoms with van der Waals surface area (Å²) < 4.78 is 12.9. The van der Waals surface area contributed by atoms with Gasteiger partial charge in [0.1, 0.15) is 16.5 Å². The van der Waals surface area contributed by atoms with Crippen molar-refractivity contribution in [3.63, 3.8) is 0 Å². The zero-order chi connectivity index (χ0) is 17.1. The summed E-state index contributed by atoms with van der Waals surface area (Å²) in [6.07, 6.45) is 0. The minimum atomic E-state index is -0.300. The average Bonchev–Trinajstić information content (AvgIpc) is 3.02. The molecule has 1 aromatic carbocycles. The minimum absolute atomic E-state index is 0.148. The Balaban J connectivity index is 1.59. The molecule has 2 aromatic heterocycles. The fraction of sp³-hybridized carbons (Fsp3) is 0.188. The number of rotatable bonds is 5. The van der Waals surface area contributed by atoms with Gasteiger partial charge in [0.25, 0.3) is 0 Å². The summed E-state index contributed by atoms with van der Waals surface area (Å²) in [7, 11) is 0. The molecule has 8 heteroatoms. The van der Waals surface area contributed by atoms with Crippen molar-refractivity contribution in [3.05, 3.63) is 47.1 Å². The van der Waals surface area contributed by atoms with Crippen LogP contribution in [0.3, 0.4) is 0 Å². The highest BCUT2D eigenvalue weighted by Gasteiger charge is 2.12. The molecule has 5 nitrogen and oxygen atoms in total. The molecule has 0 unspecified atom stereocenters. The molecule has 3 aromatic rings. The van der Waals surface area contributed by atoms with Crippen LogP contribution in [0.2, 0.25) is 0 Å². The number of amides is 1. The van der Waals surface area contributed by atoms with Crippen LogP contribution in [0.15, 0.2) is 40.9 Å². The van der Waals surface area contributed by atoms with Gasteiger partial charge < -0.3 is 11.1 Å². The van der Waals surface area contributed by atoms with Crippen molar-refractivity contribution in [2.45, 2.75) is 18.1 Å². The molecular weight excluding hydrogens is 347 g/mol. The number of nitrogens with one attached hydrogen (secondary N) is 1. The van der Waals surface area contributed by atoms with Crippen LogP contribution in [0.25, 0.3) is 10.2 Å². The SMILES string of the molecule is C[C@H](NC(=O)CSc1nc(N)c2ccsc2n1)c1ccc(F)cc1. The molecule has 0 aliphatic rings. The van der Waals surface area contributed by atoms with E-state index >= 15 is 0 Å². The average molecular weight is 362 g/mol. The van der Waals surface area contributed by atoms with Crippen LogP contribution in [-0.4, -0.2) is 21.6 Å². The van der Waals surface area contributed by atoms with Gasteiger partial charge in [-0.1, -0.05) is 23.9 Å². The maximum absolute atomic E-state index is 12.9. The number of nitrogens with two attached hydrogens (primary N) is 1. The van der Waals surface area contributed by atoms with E-state index in [0.717, 1.165) is 15.8 Å². The number of nitrogens with zero attached hydrogens (tertiary/aromatic N) is 2. The van der Waals surface area contributed by atoms with E-state index in [1.165, 1.54) is 35.2 Å². The van der Waals surface area contributed by atoms with E-state index in [0.29, 0.717) is 11.0 Å². The van der Waals surface area contributed by atoms with Gasteiger partial charge in [0.15, 0.2) is 5.16 Å². The summed E-state index contributed by atoms with van der Waals surface area (Å²) in [6.45, 7) is 1.85. The maximum atomic E-state index is 12.9. The Morgan fingerprint density at radius 3 is 2.83 bits per heavy atom. The maximum Gasteiger partial charge on any atom is 0.230 e. The monoisotopic (exact) mass is 362 g/mol. The van der Waals surface area contributed by atoms with Crippen LogP contribution in [0, 0.1) is 5.82 Å². The third-order valence-corrected chi connectivity index (χ3v) is 5.07. The number of fused-ring (bicyclic) bond motifs is 1. The van der Waals surface area contributed by atoms with Gasteiger partial charge in [-0.15, -0.1) is 11.3 Å². The molecule has 0 aliphatic carbocycles. The number of thiophene rings is 1. The molecule has 0 spiro atoms. The molecule has 24 heavy (non-hydrogen) atoms. The van der Waals surface area contributed by atoms with Gasteiger partial charge in [0.2, 0.25) is 5.91 Å². The number of benzene rings is 1. The molecule has 124 valence electrons. The zero-order valence-corrected chi connectivity index (χ0v) is 14.5. The first-order valence-electron chi connectivity index (χ1n) is 7.21. The van der Waals surface area contributed by atoms with E-state index in [4.69, 9.17) is 5.73 Å². The summed E-state index contributed by atoms with van der Waals surface area (Å²) >= 11 is 2.72. The Hall–Kier alpha value is -2.19. The highest BCUT2D eigenvalue weighted by Crippen LogP contribution is 2.26. The predicted octanol–water partition coefficient (Wildman–Crippen LogP) is 3.38. The molecule has 0 bridgehead atoms. The summed E-state index contributed by atoms with van der Waals surface area (Å²) in [5, 5.41) is 6.08. The first-order chi connectivity index (χ1) is 11.5. The van der Waals surface area contributed by atoms with Crippen molar-refractivity contribution in [1.82, 2.24) is 15.3 Å². The summed E-state index contributed by atoms with van der Waals surface area (Å²) in [4.78, 5) is 21.5. The number of hydrogen-bond acceptors (Lipinski definition) is 6. The largest absolute Gasteiger partial charge is 0.383 e. The van der Waals surface area contributed by atoms with Crippen LogP contribution in [-0.2, 0) is 4.79 Å². The summed E-state index contributed by atoms with van der Waals surface area (Å²) in [6, 6.07) is 7.73. The van der Waals surface area contributed by atoms with Crippen LogP contribution < -0.4 is 11.1 Å². The molecule has 0 fully saturated rings. The van der Waals surface area contributed by atoms with Crippen molar-refractivity contribution in [2.75, 3.05) is 11.5 Å². The van der Waals surface area contributed by atoms with Crippen molar-refractivity contribution < 1.29 is 9.18 Å². The molecule has 1 atom stereocenters. The van der Waals surface area contributed by atoms with Gasteiger partial charge in [0.05, 0.1) is 17.2 Å². The van der Waals surface area contributed by atoms with Crippen LogP contribution in [0.1, 0.15) is 18.5 Å². The zero-order valence-electron chi connectivity index (χ0n) is 12.8. The predicted molar refractivity (Wildman–Crippen MR) is 95.5 cm³/mol. The highest BCUT2D eigenvalue weighted by atomic mass is 32.2. The number of hydrogen-bond donors (Lipinski definition) is 2. The molecule has 3 N–H and O–H groups in total. The van der Waals surface area contributed by atoms with Gasteiger partial charge >= 0.3 is 0 Å². The highest BCUT2D eigenvalue weighted by molar-refractivity contribution is 7.99. The normalized spacial score (nSPS) is 12.2. The Bertz CT molecular complexity index is 866. The third kappa shape index (κ3) is 3.82. The van der Waals surface area contributed by atoms with E-state index in [2.05, 4.69) is 15.3 Å². The number of carbonyl (C=O) groups excluding carboxylic acids is 1. The number of anilines is 1. The van der Waals surface area contributed by atoms with E-state index in [1.807, 2.05) is 18.4 Å². The summed E-state index contributed by atoms with van der Waals surface area (Å²) in [5.74, 6) is 0.155. The number of carbonyl (C=O) groups is 1. The Kier molecular flexibility index (Phi) is 4.96. The topological polar surface area (TPSA) is 80.9 Å². The lowest BCUT2D eigenvalue weighted by molar-refractivity contribution is -0.119. The van der Waals surface area contributed by atoms with Crippen molar-refractivity contribution in [2.24, 2.45) is 0 Å². The van der Waals surface area contributed by atoms with Crippen LogP contribution in [0.5, 0.6) is 0 Å². The van der Waals surface area contributed by atoms with E-state index in [-0.39, 0.29) is 23.5 Å². The van der Waals surface area contributed by atoms with E-state index in [9.17, 15) is 9.18 Å². The molecule has 1 amide bonds. The Labute approximate surface area is 146 Å². The summed E-state index contributed by atoms with van der Waals surface area (Å²) in [5.41, 5.74) is 6.73. The van der Waals surface area contributed by atoms with Gasteiger partial charge in [0, 0.05) is 0 Å². The standard InChI is InChI=1S/C16H15FN4OS2/c1-9(10-2-4-11(17)5-3-10)19-13(22)8-24-16-20-14(18)12-6-7-23-15(12)21-16/h2-7,9H,8H2,1H3,(H,19,22)(H2,18,20,21)/t9-/m0/s1. The molecule has 0 saturated carbocycles. The van der Waals surface area contributed by atoms with Crippen molar-refractivity contribution in [3.8, 4) is 0 Å². The molecule has 2 heterocycles. The molecule has 0 radical (unpaired) electrons. The second kappa shape index (κ2) is 7.14. The first kappa shape index (κ1) is 16.7. The minimum Gasteiger partial charge on any atom is -0.383 e. The second-order valence-corrected chi connectivity index (χ2v) is 7.00. The van der Waals surface area contributed by atoms with Crippen LogP contribution >= 0.6 is 23.1 Å². The van der Waals surface area contributed by atoms with Gasteiger partial charge in [-0.3, -0.25) is 4.79 Å². The van der Waals surface area contributed by atoms with Gasteiger partial charge in [-0.25, -0.2) is 14.4 Å². The number of aromatic nitrogens is 2. The fourth-order valence-corrected chi connectivity index (χ4v) is 3.66. The fourth-order valence-electron chi connectivity index (χ4n) is 2.17. The van der Waals surface area contributed by atoms with E-state index < -0.39 is 0 Å². The van der Waals surface area contributed by atoms with Crippen LogP contribution in [0.4, 0.5) is 10.2 Å². The van der Waals surface area contributed by atoms with Gasteiger partial charge in [-0.05, 0) is 36.1 Å². The second-order valence-electron chi connectivity index (χ2n) is 5.16. The van der Waals surface area contributed by atoms with E-state index in [1.54, 1.807) is 12.1 Å². The Morgan fingerprint density at radius 1 is 1.33 bits per heavy atom. The quantitative estimate of drug-likeness (QED) is 0.537. The van der Waals surface area contributed by atoms with Crippen molar-refractivity contribution >= 4 is 45.0 Å². The first-order valence-corrected chi connectivity index (χ1v) is 9.08. The lowest BCUT2D eigenvalue weighted by Crippen LogP contribution is -2.28. The molecule has 3 rings (SSSR count). The third-order valence-electron chi connectivity index (χ3n) is 3.41. The number of halogens is 1.